The Kier molecular flexibility index (Phi) is 9.96. The van der Waals surface area contributed by atoms with E-state index >= 15 is 0 Å². The van der Waals surface area contributed by atoms with Gasteiger partial charge in [0.2, 0.25) is 0 Å². The van der Waals surface area contributed by atoms with Crippen molar-refractivity contribution in [2.75, 3.05) is 6.61 Å². The Labute approximate surface area is 220 Å². The molecule has 1 saturated heterocycles. The van der Waals surface area contributed by atoms with Crippen molar-refractivity contribution in [1.29, 1.82) is 0 Å². The topological polar surface area (TPSA) is 94.5 Å². The third-order valence-corrected chi connectivity index (χ3v) is 7.53. The summed E-state index contributed by atoms with van der Waals surface area (Å²) in [7, 11) is 0. The molecular weight excluding hydrogens is 472 g/mol. The summed E-state index contributed by atoms with van der Waals surface area (Å²) in [6.45, 7) is 8.95. The zero-order chi connectivity index (χ0) is 26.4. The minimum absolute atomic E-state index is 0.0723. The van der Waals surface area contributed by atoms with E-state index in [1.165, 1.54) is 11.6 Å². The second-order valence-corrected chi connectivity index (χ2v) is 11.0. The van der Waals surface area contributed by atoms with Gasteiger partial charge in [0.05, 0.1) is 37.1 Å². The first kappa shape index (κ1) is 28.0. The molecule has 0 aromatic rings. The Morgan fingerprint density at radius 1 is 1.03 bits per heavy atom. The minimum Gasteiger partial charge on any atom is -0.456 e. The second-order valence-electron chi connectivity index (χ2n) is 11.0. The van der Waals surface area contributed by atoms with Gasteiger partial charge in [-0.3, -0.25) is 0 Å². The highest BCUT2D eigenvalue weighted by atomic mass is 16.6. The van der Waals surface area contributed by atoms with Crippen LogP contribution < -0.4 is 0 Å². The molecule has 4 bridgehead atoms. The predicted octanol–water partition coefficient (Wildman–Crippen LogP) is 4.11. The van der Waals surface area contributed by atoms with E-state index in [1.807, 2.05) is 18.2 Å². The van der Waals surface area contributed by atoms with Crippen molar-refractivity contribution in [2.45, 2.75) is 108 Å². The zero-order valence-corrected chi connectivity index (χ0v) is 22.0. The second kappa shape index (κ2) is 13.2. The van der Waals surface area contributed by atoms with Gasteiger partial charge in [-0.25, -0.2) is 4.79 Å². The third kappa shape index (κ3) is 8.23. The lowest BCUT2D eigenvalue weighted by molar-refractivity contribution is -0.144. The number of aliphatic hydroxyl groups excluding tert-OH is 2. The van der Waals surface area contributed by atoms with Crippen molar-refractivity contribution >= 4 is 5.97 Å². The molecule has 2 N–H and O–H groups in total. The lowest BCUT2D eigenvalue weighted by atomic mass is 9.90. The normalized spacial score (nSPS) is 40.2. The van der Waals surface area contributed by atoms with Gasteiger partial charge in [0, 0.05) is 12.5 Å². The van der Waals surface area contributed by atoms with Gasteiger partial charge >= 0.3 is 5.97 Å². The van der Waals surface area contributed by atoms with Crippen LogP contribution in [-0.4, -0.2) is 71.6 Å². The molecule has 7 nitrogen and oxygen atoms in total. The summed E-state index contributed by atoms with van der Waals surface area (Å²) in [5.41, 5.74) is 2.15. The highest BCUT2D eigenvalue weighted by Gasteiger charge is 2.42. The van der Waals surface area contributed by atoms with E-state index in [0.29, 0.717) is 18.9 Å². The number of ether oxygens (including phenoxy) is 4. The van der Waals surface area contributed by atoms with Gasteiger partial charge in [0.15, 0.2) is 0 Å². The molecule has 0 saturated carbocycles. The average Bonchev–Trinajstić information content (AvgIpc) is 3.24. The van der Waals surface area contributed by atoms with Crippen LogP contribution in [0.3, 0.4) is 0 Å². The van der Waals surface area contributed by atoms with Crippen LogP contribution in [-0.2, 0) is 23.7 Å². The number of fused-ring (bicyclic) bond motifs is 4. The van der Waals surface area contributed by atoms with Crippen LogP contribution >= 0.6 is 0 Å². The fourth-order valence-electron chi connectivity index (χ4n) is 5.62. The number of aliphatic hydroxyl groups is 2. The standard InChI is InChI=1S/C30H42O7/c1-19-12-13-34-23(15-19)10-11-26-27-18-28(36-26)30(33)25(31)17-21(3)14-20(2)16-24-8-4-6-22(35-24)7-5-9-29(32)37-27/h4-6,9-12,20,22-28,30-31,33H,3,7-8,13-18H2,1-2H3/b9-5?,11-10+/t20-,22-,23+,24-,25-,26-,27-,28+,30-/m0/s1. The highest BCUT2D eigenvalue weighted by molar-refractivity contribution is 5.82. The number of carbonyl (C=O) groups excluding carboxylic acids is 1. The Hall–Kier alpha value is -2.03. The van der Waals surface area contributed by atoms with Crippen molar-refractivity contribution in [3.8, 4) is 0 Å². The maximum atomic E-state index is 12.7. The number of hydrogen-bond donors (Lipinski definition) is 2. The first-order valence-electron chi connectivity index (χ1n) is 13.6. The molecule has 0 amide bonds. The van der Waals surface area contributed by atoms with Gasteiger partial charge in [0.25, 0.3) is 0 Å². The Balaban J connectivity index is 1.49. The highest BCUT2D eigenvalue weighted by Crippen LogP contribution is 2.31. The summed E-state index contributed by atoms with van der Waals surface area (Å²) in [6, 6.07) is 0. The van der Waals surface area contributed by atoms with Crippen LogP contribution in [0.2, 0.25) is 0 Å². The van der Waals surface area contributed by atoms with E-state index in [-0.39, 0.29) is 31.2 Å². The molecule has 0 spiro atoms. The van der Waals surface area contributed by atoms with Crippen LogP contribution in [0.4, 0.5) is 0 Å². The fraction of sp³-hybridized carbons (Fsp3) is 0.633. The van der Waals surface area contributed by atoms with Crippen LogP contribution in [0.5, 0.6) is 0 Å². The van der Waals surface area contributed by atoms with Gasteiger partial charge in [0.1, 0.15) is 18.3 Å². The van der Waals surface area contributed by atoms with E-state index in [2.05, 4.69) is 32.6 Å². The van der Waals surface area contributed by atoms with Gasteiger partial charge in [-0.15, -0.1) is 0 Å². The fourth-order valence-corrected chi connectivity index (χ4v) is 5.62. The van der Waals surface area contributed by atoms with Crippen LogP contribution in [0.25, 0.3) is 0 Å². The molecule has 0 radical (unpaired) electrons. The molecule has 9 atom stereocenters. The summed E-state index contributed by atoms with van der Waals surface area (Å²) in [6.07, 6.45) is 13.7. The predicted molar refractivity (Wildman–Crippen MR) is 141 cm³/mol. The van der Waals surface area contributed by atoms with E-state index in [9.17, 15) is 15.0 Å². The van der Waals surface area contributed by atoms with Gasteiger partial charge < -0.3 is 29.2 Å². The van der Waals surface area contributed by atoms with Gasteiger partial charge in [-0.2, -0.15) is 0 Å². The molecule has 0 aliphatic carbocycles. The first-order chi connectivity index (χ1) is 17.8. The Bertz CT molecular complexity index is 919. The molecular formula is C30H42O7. The van der Waals surface area contributed by atoms with Crippen molar-refractivity contribution in [2.24, 2.45) is 5.92 Å². The largest absolute Gasteiger partial charge is 0.456 e. The summed E-state index contributed by atoms with van der Waals surface area (Å²) >= 11 is 0. The number of hydrogen-bond acceptors (Lipinski definition) is 7. The molecule has 0 aromatic heterocycles. The third-order valence-electron chi connectivity index (χ3n) is 7.53. The van der Waals surface area contributed by atoms with Crippen molar-refractivity contribution in [1.82, 2.24) is 0 Å². The molecule has 4 aliphatic heterocycles. The maximum Gasteiger partial charge on any atom is 0.330 e. The summed E-state index contributed by atoms with van der Waals surface area (Å²) in [4.78, 5) is 12.7. The molecule has 4 heterocycles. The maximum absolute atomic E-state index is 12.7. The van der Waals surface area contributed by atoms with Gasteiger partial charge in [-0.1, -0.05) is 61.1 Å². The molecule has 0 aromatic carbocycles. The molecule has 7 heteroatoms. The molecule has 0 unspecified atom stereocenters. The average molecular weight is 515 g/mol. The summed E-state index contributed by atoms with van der Waals surface area (Å²) < 4.78 is 23.9. The number of carbonyl (C=O) groups is 1. The molecule has 37 heavy (non-hydrogen) atoms. The molecule has 4 rings (SSSR count). The van der Waals surface area contributed by atoms with Crippen LogP contribution in [0.15, 0.2) is 60.3 Å². The van der Waals surface area contributed by atoms with Crippen molar-refractivity contribution in [3.63, 3.8) is 0 Å². The van der Waals surface area contributed by atoms with Crippen LogP contribution in [0, 0.1) is 5.92 Å². The number of esters is 1. The smallest absolute Gasteiger partial charge is 0.330 e. The van der Waals surface area contributed by atoms with Crippen molar-refractivity contribution < 1.29 is 34.0 Å². The Morgan fingerprint density at radius 2 is 1.86 bits per heavy atom. The lowest BCUT2D eigenvalue weighted by Gasteiger charge is -2.28. The minimum atomic E-state index is -1.12. The molecule has 204 valence electrons. The Morgan fingerprint density at radius 3 is 2.68 bits per heavy atom. The monoisotopic (exact) mass is 514 g/mol. The zero-order valence-electron chi connectivity index (χ0n) is 22.0. The van der Waals surface area contributed by atoms with Crippen molar-refractivity contribution in [3.05, 3.63) is 60.3 Å². The van der Waals surface area contributed by atoms with E-state index in [4.69, 9.17) is 18.9 Å². The lowest BCUT2D eigenvalue weighted by Crippen LogP contribution is -2.37. The first-order valence-corrected chi connectivity index (χ1v) is 13.6. The summed E-state index contributed by atoms with van der Waals surface area (Å²) in [5.74, 6) is -0.129. The quantitative estimate of drug-likeness (QED) is 0.423. The molecule has 1 fully saturated rings. The SMILES string of the molecule is C=C1C[C@H](C)C[C@@H]2CC=C[C@@H](CC=CC(=O)O[C@H]3C[C@@H](O[C@H]3/C=C/[C@@H]3CC(C)=CCO3)[C@@H](O)[C@@H](O)C1)O2. The van der Waals surface area contributed by atoms with E-state index in [0.717, 1.165) is 31.3 Å². The van der Waals surface area contributed by atoms with E-state index < -0.39 is 36.5 Å². The summed E-state index contributed by atoms with van der Waals surface area (Å²) in [5, 5.41) is 21.7. The van der Waals surface area contributed by atoms with E-state index in [1.54, 1.807) is 6.08 Å². The van der Waals surface area contributed by atoms with Crippen LogP contribution in [0.1, 0.15) is 58.8 Å². The number of rotatable bonds is 2. The molecule has 4 aliphatic rings. The van der Waals surface area contributed by atoms with Gasteiger partial charge in [-0.05, 0) is 51.4 Å².